The fraction of sp³-hybridized carbons (Fsp3) is 0.500. The van der Waals surface area contributed by atoms with Crippen molar-refractivity contribution in [2.75, 3.05) is 13.2 Å². The number of ether oxygens (including phenoxy) is 1. The molecule has 0 aromatic heterocycles. The molecule has 0 heterocycles. The van der Waals surface area contributed by atoms with Crippen molar-refractivity contribution in [3.05, 3.63) is 29.0 Å². The Labute approximate surface area is 100.0 Å². The van der Waals surface area contributed by atoms with Gasteiger partial charge in [0.25, 0.3) is 0 Å². The molecule has 0 saturated heterocycles. The van der Waals surface area contributed by atoms with Gasteiger partial charge in [-0.15, -0.1) is 0 Å². The molecule has 1 aromatic carbocycles. The fourth-order valence-electron chi connectivity index (χ4n) is 1.36. The molecule has 4 heteroatoms. The first kappa shape index (κ1) is 13.3. The van der Waals surface area contributed by atoms with Gasteiger partial charge in [0.1, 0.15) is 0 Å². The predicted molar refractivity (Wildman–Crippen MR) is 62.5 cm³/mol. The summed E-state index contributed by atoms with van der Waals surface area (Å²) in [5, 5.41) is 8.88. The molecule has 0 spiro atoms. The summed E-state index contributed by atoms with van der Waals surface area (Å²) in [4.78, 5) is 0. The average Bonchev–Trinajstić information content (AvgIpc) is 2.26. The molecule has 0 saturated carbocycles. The van der Waals surface area contributed by atoms with Gasteiger partial charge < -0.3 is 9.84 Å². The maximum Gasteiger partial charge on any atom is 0.173 e. The molecule has 1 aromatic rings. The van der Waals surface area contributed by atoms with Crippen LogP contribution in [0.5, 0.6) is 5.75 Å². The Morgan fingerprint density at radius 3 is 2.62 bits per heavy atom. The number of unbranched alkanes of at least 4 members (excludes halogenated alkanes) is 3. The van der Waals surface area contributed by atoms with Crippen LogP contribution in [-0.4, -0.2) is 18.3 Å². The Hall–Kier alpha value is -0.800. The van der Waals surface area contributed by atoms with E-state index in [4.69, 9.17) is 21.4 Å². The fourth-order valence-corrected chi connectivity index (χ4v) is 1.58. The van der Waals surface area contributed by atoms with E-state index in [-0.39, 0.29) is 12.4 Å². The molecule has 2 nitrogen and oxygen atoms in total. The highest BCUT2D eigenvalue weighted by Gasteiger charge is 2.07. The largest absolute Gasteiger partial charge is 0.489 e. The second kappa shape index (κ2) is 7.47. The van der Waals surface area contributed by atoms with Gasteiger partial charge in [-0.1, -0.05) is 24.1 Å². The van der Waals surface area contributed by atoms with Gasteiger partial charge >= 0.3 is 0 Å². The Balaban J connectivity index is 2.26. The first-order valence-corrected chi connectivity index (χ1v) is 5.81. The quantitative estimate of drug-likeness (QED) is 0.747. The first-order chi connectivity index (χ1) is 7.75. The second-order valence-corrected chi connectivity index (χ2v) is 3.94. The van der Waals surface area contributed by atoms with Gasteiger partial charge in [0, 0.05) is 6.61 Å². The number of hydrogen-bond acceptors (Lipinski definition) is 2. The number of para-hydroxylation sites is 1. The lowest BCUT2D eigenvalue weighted by molar-refractivity contribution is 0.270. The molecule has 16 heavy (non-hydrogen) atoms. The first-order valence-electron chi connectivity index (χ1n) is 5.43. The van der Waals surface area contributed by atoms with Crippen LogP contribution in [-0.2, 0) is 0 Å². The summed E-state index contributed by atoms with van der Waals surface area (Å²) in [7, 11) is 0. The van der Waals surface area contributed by atoms with Crippen LogP contribution in [0.3, 0.4) is 0 Å². The Morgan fingerprint density at radius 1 is 1.19 bits per heavy atom. The minimum absolute atomic E-state index is 0.131. The molecule has 1 N–H and O–H groups in total. The van der Waals surface area contributed by atoms with Crippen LogP contribution in [0.25, 0.3) is 0 Å². The summed E-state index contributed by atoms with van der Waals surface area (Å²) in [6, 6.07) is 4.48. The lowest BCUT2D eigenvalue weighted by Crippen LogP contribution is -2.00. The zero-order valence-electron chi connectivity index (χ0n) is 9.09. The van der Waals surface area contributed by atoms with Crippen molar-refractivity contribution in [1.82, 2.24) is 0 Å². The van der Waals surface area contributed by atoms with Crippen LogP contribution in [0.1, 0.15) is 25.7 Å². The normalized spacial score (nSPS) is 10.4. The molecule has 0 fully saturated rings. The van der Waals surface area contributed by atoms with Crippen LogP contribution in [0.4, 0.5) is 4.39 Å². The number of benzene rings is 1. The van der Waals surface area contributed by atoms with Gasteiger partial charge in [-0.25, -0.2) is 4.39 Å². The highest BCUT2D eigenvalue weighted by atomic mass is 35.5. The van der Waals surface area contributed by atoms with Crippen molar-refractivity contribution >= 4 is 11.6 Å². The second-order valence-electron chi connectivity index (χ2n) is 3.54. The zero-order valence-corrected chi connectivity index (χ0v) is 9.84. The molecule has 0 amide bonds. The van der Waals surface area contributed by atoms with Gasteiger partial charge in [0.15, 0.2) is 11.6 Å². The molecular weight excluding hydrogens is 231 g/mol. The van der Waals surface area contributed by atoms with Crippen molar-refractivity contribution < 1.29 is 14.2 Å². The van der Waals surface area contributed by atoms with Crippen LogP contribution >= 0.6 is 11.6 Å². The molecule has 0 atom stereocenters. The molecule has 0 unspecified atom stereocenters. The van der Waals surface area contributed by atoms with Crippen molar-refractivity contribution in [2.24, 2.45) is 0 Å². The number of hydrogen-bond donors (Lipinski definition) is 1. The third kappa shape index (κ3) is 4.37. The van der Waals surface area contributed by atoms with E-state index in [1.165, 1.54) is 6.07 Å². The Kier molecular flexibility index (Phi) is 6.19. The van der Waals surface area contributed by atoms with E-state index in [1.807, 2.05) is 0 Å². The highest BCUT2D eigenvalue weighted by Crippen LogP contribution is 2.27. The Bertz CT molecular complexity index is 298. The number of aliphatic hydroxyl groups excluding tert-OH is 1. The van der Waals surface area contributed by atoms with Gasteiger partial charge in [-0.05, 0) is 31.4 Å². The van der Waals surface area contributed by atoms with Crippen molar-refractivity contribution in [2.45, 2.75) is 25.7 Å². The Morgan fingerprint density at radius 2 is 1.94 bits per heavy atom. The SMILES string of the molecule is OCCCCCCOc1c(F)cccc1Cl. The lowest BCUT2D eigenvalue weighted by Gasteiger charge is -2.08. The van der Waals surface area contributed by atoms with Crippen LogP contribution in [0.15, 0.2) is 18.2 Å². The molecule has 0 radical (unpaired) electrons. The number of rotatable bonds is 7. The summed E-state index contributed by atoms with van der Waals surface area (Å²) in [6.07, 6.45) is 3.57. The van der Waals surface area contributed by atoms with E-state index in [1.54, 1.807) is 12.1 Å². The van der Waals surface area contributed by atoms with Gasteiger partial charge in [-0.2, -0.15) is 0 Å². The van der Waals surface area contributed by atoms with E-state index in [0.29, 0.717) is 11.6 Å². The minimum atomic E-state index is -0.428. The van der Waals surface area contributed by atoms with Crippen molar-refractivity contribution in [3.8, 4) is 5.75 Å². The van der Waals surface area contributed by atoms with Crippen LogP contribution in [0, 0.1) is 5.82 Å². The number of aliphatic hydroxyl groups is 1. The predicted octanol–water partition coefficient (Wildman–Crippen LogP) is 3.41. The summed E-state index contributed by atoms with van der Waals surface area (Å²) < 4.78 is 18.5. The molecule has 0 aliphatic carbocycles. The highest BCUT2D eigenvalue weighted by molar-refractivity contribution is 6.32. The van der Waals surface area contributed by atoms with E-state index in [2.05, 4.69) is 0 Å². The molecule has 0 bridgehead atoms. The third-order valence-electron chi connectivity index (χ3n) is 2.22. The van der Waals surface area contributed by atoms with Crippen molar-refractivity contribution in [3.63, 3.8) is 0 Å². The maximum atomic E-state index is 13.2. The average molecular weight is 247 g/mol. The lowest BCUT2D eigenvalue weighted by atomic mass is 10.2. The molecule has 0 aliphatic rings. The standard InChI is InChI=1S/C12H16ClFO2/c13-10-6-5-7-11(14)12(10)16-9-4-2-1-3-8-15/h5-7,15H,1-4,8-9H2. The monoisotopic (exact) mass is 246 g/mol. The molecular formula is C12H16ClFO2. The van der Waals surface area contributed by atoms with E-state index in [9.17, 15) is 4.39 Å². The van der Waals surface area contributed by atoms with Crippen LogP contribution < -0.4 is 4.74 Å². The smallest absolute Gasteiger partial charge is 0.173 e. The summed E-state index contributed by atoms with van der Waals surface area (Å²) in [5.74, 6) is -0.297. The molecule has 90 valence electrons. The summed E-state index contributed by atoms with van der Waals surface area (Å²) in [6.45, 7) is 0.673. The zero-order chi connectivity index (χ0) is 11.8. The van der Waals surface area contributed by atoms with Gasteiger partial charge in [0.2, 0.25) is 0 Å². The van der Waals surface area contributed by atoms with E-state index < -0.39 is 5.82 Å². The van der Waals surface area contributed by atoms with Crippen LogP contribution in [0.2, 0.25) is 5.02 Å². The third-order valence-corrected chi connectivity index (χ3v) is 2.52. The minimum Gasteiger partial charge on any atom is -0.489 e. The number of halogens is 2. The topological polar surface area (TPSA) is 29.5 Å². The van der Waals surface area contributed by atoms with E-state index in [0.717, 1.165) is 25.7 Å². The molecule has 1 rings (SSSR count). The molecule has 0 aliphatic heterocycles. The summed E-state index contributed by atoms with van der Waals surface area (Å²) >= 11 is 5.79. The van der Waals surface area contributed by atoms with Crippen molar-refractivity contribution in [1.29, 1.82) is 0 Å². The summed E-state index contributed by atoms with van der Waals surface area (Å²) in [5.41, 5.74) is 0. The van der Waals surface area contributed by atoms with Gasteiger partial charge in [-0.3, -0.25) is 0 Å². The van der Waals surface area contributed by atoms with E-state index >= 15 is 0 Å². The van der Waals surface area contributed by atoms with Gasteiger partial charge in [0.05, 0.1) is 11.6 Å². The maximum absolute atomic E-state index is 13.2.